The minimum atomic E-state index is 0.112. The molecule has 1 amide bonds. The predicted octanol–water partition coefficient (Wildman–Crippen LogP) is 3.00. The van der Waals surface area contributed by atoms with Crippen molar-refractivity contribution in [2.24, 2.45) is 0 Å². The molecule has 2 aromatic rings. The van der Waals surface area contributed by atoms with Crippen molar-refractivity contribution in [1.82, 2.24) is 19.7 Å². The SMILES string of the molecule is CCC1CN(C(=O)CSc2nnc(N3CCCCC3)n2-c2ccccc2OC)CCO1. The number of piperidine rings is 1. The van der Waals surface area contributed by atoms with Gasteiger partial charge in [-0.05, 0) is 37.8 Å². The first-order valence-electron chi connectivity index (χ1n) is 11.1. The number of hydrogen-bond donors (Lipinski definition) is 0. The van der Waals surface area contributed by atoms with Gasteiger partial charge in [0, 0.05) is 26.2 Å². The minimum absolute atomic E-state index is 0.112. The molecule has 2 aliphatic rings. The van der Waals surface area contributed by atoms with Crippen LogP contribution in [0.3, 0.4) is 0 Å². The highest BCUT2D eigenvalue weighted by atomic mass is 32.2. The summed E-state index contributed by atoms with van der Waals surface area (Å²) < 4.78 is 13.4. The summed E-state index contributed by atoms with van der Waals surface area (Å²) >= 11 is 1.43. The molecule has 1 unspecified atom stereocenters. The van der Waals surface area contributed by atoms with Crippen molar-refractivity contribution in [3.8, 4) is 11.4 Å². The normalized spacial score (nSPS) is 19.5. The summed E-state index contributed by atoms with van der Waals surface area (Å²) in [5, 5.41) is 9.71. The number of anilines is 1. The molecule has 31 heavy (non-hydrogen) atoms. The molecule has 0 saturated carbocycles. The van der Waals surface area contributed by atoms with Crippen LogP contribution in [0, 0.1) is 0 Å². The molecule has 0 N–H and O–H groups in total. The van der Waals surface area contributed by atoms with E-state index in [-0.39, 0.29) is 12.0 Å². The van der Waals surface area contributed by atoms with Crippen molar-refractivity contribution in [1.29, 1.82) is 0 Å². The summed E-state index contributed by atoms with van der Waals surface area (Å²) in [6, 6.07) is 7.88. The van der Waals surface area contributed by atoms with E-state index in [0.717, 1.165) is 49.7 Å². The smallest absolute Gasteiger partial charge is 0.233 e. The first-order valence-corrected chi connectivity index (χ1v) is 12.1. The molecular weight excluding hydrogens is 414 g/mol. The van der Waals surface area contributed by atoms with Gasteiger partial charge in [-0.2, -0.15) is 0 Å². The highest BCUT2D eigenvalue weighted by Crippen LogP contribution is 2.33. The lowest BCUT2D eigenvalue weighted by Crippen LogP contribution is -2.46. The maximum absolute atomic E-state index is 12.9. The fraction of sp³-hybridized carbons (Fsp3) is 0.591. The standard InChI is InChI=1S/C22H31N5O3S/c1-3-17-15-26(13-14-30-17)20(28)16-31-22-24-23-21(25-11-7-4-8-12-25)27(22)18-9-5-6-10-19(18)29-2/h5-6,9-10,17H,3-4,7-8,11-16H2,1-2H3. The van der Waals surface area contributed by atoms with Crippen LogP contribution in [-0.2, 0) is 9.53 Å². The average Bonchev–Trinajstić information content (AvgIpc) is 3.26. The number of para-hydroxylation sites is 2. The fourth-order valence-corrected chi connectivity index (χ4v) is 4.93. The van der Waals surface area contributed by atoms with Crippen LogP contribution in [0.1, 0.15) is 32.6 Å². The highest BCUT2D eigenvalue weighted by Gasteiger charge is 2.26. The van der Waals surface area contributed by atoms with Gasteiger partial charge in [-0.1, -0.05) is 30.8 Å². The number of amides is 1. The second-order valence-corrected chi connectivity index (χ2v) is 8.81. The van der Waals surface area contributed by atoms with Crippen LogP contribution in [0.4, 0.5) is 5.95 Å². The van der Waals surface area contributed by atoms with E-state index in [1.165, 1.54) is 18.2 Å². The monoisotopic (exact) mass is 445 g/mol. The zero-order valence-electron chi connectivity index (χ0n) is 18.3. The van der Waals surface area contributed by atoms with Gasteiger partial charge < -0.3 is 19.3 Å². The van der Waals surface area contributed by atoms with Crippen molar-refractivity contribution in [3.05, 3.63) is 24.3 Å². The average molecular weight is 446 g/mol. The predicted molar refractivity (Wildman–Crippen MR) is 121 cm³/mol. The van der Waals surface area contributed by atoms with E-state index in [1.807, 2.05) is 33.7 Å². The first-order chi connectivity index (χ1) is 15.2. The molecular formula is C22H31N5O3S. The third-order valence-electron chi connectivity index (χ3n) is 5.85. The summed E-state index contributed by atoms with van der Waals surface area (Å²) in [5.74, 6) is 2.01. The number of morpholine rings is 1. The number of carbonyl (C=O) groups is 1. The molecule has 4 rings (SSSR count). The van der Waals surface area contributed by atoms with Gasteiger partial charge in [0.2, 0.25) is 11.9 Å². The lowest BCUT2D eigenvalue weighted by molar-refractivity contribution is -0.135. The molecule has 0 spiro atoms. The molecule has 2 saturated heterocycles. The van der Waals surface area contributed by atoms with E-state index >= 15 is 0 Å². The number of benzene rings is 1. The maximum atomic E-state index is 12.9. The quantitative estimate of drug-likeness (QED) is 0.607. The topological polar surface area (TPSA) is 72.7 Å². The van der Waals surface area contributed by atoms with Crippen molar-refractivity contribution in [2.45, 2.75) is 43.9 Å². The van der Waals surface area contributed by atoms with E-state index in [1.54, 1.807) is 7.11 Å². The van der Waals surface area contributed by atoms with Gasteiger partial charge in [0.15, 0.2) is 5.16 Å². The number of carbonyl (C=O) groups excluding carboxylic acids is 1. The van der Waals surface area contributed by atoms with Gasteiger partial charge >= 0.3 is 0 Å². The van der Waals surface area contributed by atoms with Crippen LogP contribution in [0.15, 0.2) is 29.4 Å². The van der Waals surface area contributed by atoms with E-state index in [0.29, 0.717) is 30.6 Å². The van der Waals surface area contributed by atoms with Gasteiger partial charge in [0.25, 0.3) is 0 Å². The zero-order valence-corrected chi connectivity index (χ0v) is 19.1. The summed E-state index contributed by atoms with van der Waals surface area (Å²) in [7, 11) is 1.67. The second kappa shape index (κ2) is 10.4. The third kappa shape index (κ3) is 4.98. The number of aromatic nitrogens is 3. The molecule has 2 aliphatic heterocycles. The van der Waals surface area contributed by atoms with Gasteiger partial charge in [-0.3, -0.25) is 9.36 Å². The van der Waals surface area contributed by atoms with Gasteiger partial charge in [0.1, 0.15) is 5.75 Å². The van der Waals surface area contributed by atoms with Crippen LogP contribution in [-0.4, -0.2) is 77.3 Å². The zero-order chi connectivity index (χ0) is 21.6. The lowest BCUT2D eigenvalue weighted by Gasteiger charge is -2.32. The molecule has 2 fully saturated rings. The Morgan fingerprint density at radius 3 is 2.77 bits per heavy atom. The van der Waals surface area contributed by atoms with Crippen molar-refractivity contribution in [2.75, 3.05) is 50.5 Å². The molecule has 0 aliphatic carbocycles. The molecule has 3 heterocycles. The third-order valence-corrected chi connectivity index (χ3v) is 6.77. The highest BCUT2D eigenvalue weighted by molar-refractivity contribution is 7.99. The number of thioether (sulfide) groups is 1. The van der Waals surface area contributed by atoms with E-state index in [9.17, 15) is 4.79 Å². The molecule has 1 atom stereocenters. The molecule has 168 valence electrons. The summed E-state index contributed by atoms with van der Waals surface area (Å²) in [5.41, 5.74) is 0.892. The Morgan fingerprint density at radius 1 is 1.19 bits per heavy atom. The van der Waals surface area contributed by atoms with Crippen molar-refractivity contribution >= 4 is 23.6 Å². The number of rotatable bonds is 7. The minimum Gasteiger partial charge on any atom is -0.495 e. The van der Waals surface area contributed by atoms with Gasteiger partial charge in [-0.25, -0.2) is 0 Å². The Balaban J connectivity index is 1.57. The van der Waals surface area contributed by atoms with Crippen LogP contribution >= 0.6 is 11.8 Å². The maximum Gasteiger partial charge on any atom is 0.233 e. The van der Waals surface area contributed by atoms with Crippen LogP contribution in [0.5, 0.6) is 5.75 Å². The van der Waals surface area contributed by atoms with Crippen LogP contribution < -0.4 is 9.64 Å². The molecule has 8 nitrogen and oxygen atoms in total. The number of ether oxygens (including phenoxy) is 2. The van der Waals surface area contributed by atoms with Crippen LogP contribution in [0.25, 0.3) is 5.69 Å². The molecule has 9 heteroatoms. The molecule has 1 aromatic heterocycles. The Kier molecular flexibility index (Phi) is 7.34. The van der Waals surface area contributed by atoms with Crippen molar-refractivity contribution < 1.29 is 14.3 Å². The number of methoxy groups -OCH3 is 1. The Bertz CT molecular complexity index is 884. The summed E-state index contributed by atoms with van der Waals surface area (Å²) in [6.07, 6.45) is 4.59. The second-order valence-electron chi connectivity index (χ2n) is 7.87. The first kappa shape index (κ1) is 22.0. The molecule has 0 bridgehead atoms. The number of nitrogens with zero attached hydrogens (tertiary/aromatic N) is 5. The largest absolute Gasteiger partial charge is 0.495 e. The van der Waals surface area contributed by atoms with E-state index in [4.69, 9.17) is 9.47 Å². The molecule has 0 radical (unpaired) electrons. The lowest BCUT2D eigenvalue weighted by atomic mass is 10.1. The molecule has 1 aromatic carbocycles. The van der Waals surface area contributed by atoms with Crippen molar-refractivity contribution in [3.63, 3.8) is 0 Å². The fourth-order valence-electron chi connectivity index (χ4n) is 4.09. The van der Waals surface area contributed by atoms with Gasteiger partial charge in [0.05, 0.1) is 31.3 Å². The van der Waals surface area contributed by atoms with Gasteiger partial charge in [-0.15, -0.1) is 10.2 Å². The number of hydrogen-bond acceptors (Lipinski definition) is 7. The van der Waals surface area contributed by atoms with E-state index < -0.39 is 0 Å². The Hall–Kier alpha value is -2.26. The summed E-state index contributed by atoms with van der Waals surface area (Å²) in [6.45, 7) is 5.92. The summed E-state index contributed by atoms with van der Waals surface area (Å²) in [4.78, 5) is 17.1. The Morgan fingerprint density at radius 2 is 2.00 bits per heavy atom. The van der Waals surface area contributed by atoms with E-state index in [2.05, 4.69) is 22.0 Å². The van der Waals surface area contributed by atoms with Crippen LogP contribution in [0.2, 0.25) is 0 Å². The Labute approximate surface area is 187 Å².